The smallest absolute Gasteiger partial charge is 0.205 e. The van der Waals surface area contributed by atoms with E-state index in [1.54, 1.807) is 0 Å². The molecule has 1 aliphatic heterocycles. The third kappa shape index (κ3) is 3.32. The van der Waals surface area contributed by atoms with E-state index in [2.05, 4.69) is 6.07 Å². The topological polar surface area (TPSA) is 85.3 Å². The number of benzene rings is 1. The second-order valence-corrected chi connectivity index (χ2v) is 7.62. The number of ketones is 1. The summed E-state index contributed by atoms with van der Waals surface area (Å²) in [5.41, 5.74) is 7.54. The average molecular weight is 352 g/mol. The minimum absolute atomic E-state index is 0.0211. The standard InChI is InChI=1S/C21H24N2O3/c1-4-9-25-14-7-5-13(6-8-14)18-15(12-22)20(23)26-17-11-21(2,3)10-16(24)19(17)18/h5-8,18H,4,9-11,23H2,1-3H3. The number of hydrogen-bond donors (Lipinski definition) is 1. The summed E-state index contributed by atoms with van der Waals surface area (Å²) in [6.45, 7) is 6.77. The first-order chi connectivity index (χ1) is 12.4. The molecule has 136 valence electrons. The number of nitriles is 1. The lowest BCUT2D eigenvalue weighted by molar-refractivity contribution is -0.119. The van der Waals surface area contributed by atoms with E-state index in [9.17, 15) is 10.1 Å². The highest BCUT2D eigenvalue weighted by Gasteiger charge is 2.42. The van der Waals surface area contributed by atoms with E-state index in [1.807, 2.05) is 45.0 Å². The number of hydrogen-bond acceptors (Lipinski definition) is 5. The predicted octanol–water partition coefficient (Wildman–Crippen LogP) is 3.93. The number of ether oxygens (including phenoxy) is 2. The Bertz CT molecular complexity index is 826. The van der Waals surface area contributed by atoms with Gasteiger partial charge >= 0.3 is 0 Å². The van der Waals surface area contributed by atoms with Crippen molar-refractivity contribution < 1.29 is 14.3 Å². The number of Topliss-reactive ketones (excluding diaryl/α,β-unsaturated/α-hetero) is 1. The third-order valence-electron chi connectivity index (χ3n) is 4.76. The number of rotatable bonds is 4. The van der Waals surface area contributed by atoms with Crippen LogP contribution in [0.5, 0.6) is 5.75 Å². The van der Waals surface area contributed by atoms with Gasteiger partial charge in [-0.25, -0.2) is 0 Å². The van der Waals surface area contributed by atoms with Gasteiger partial charge in [-0.1, -0.05) is 32.9 Å². The molecule has 3 rings (SSSR count). The van der Waals surface area contributed by atoms with E-state index in [0.29, 0.717) is 36.4 Å². The van der Waals surface area contributed by atoms with Crippen LogP contribution in [-0.2, 0) is 9.53 Å². The number of allylic oxidation sites excluding steroid dienone is 3. The van der Waals surface area contributed by atoms with Crippen molar-refractivity contribution >= 4 is 5.78 Å². The van der Waals surface area contributed by atoms with Crippen molar-refractivity contribution in [1.29, 1.82) is 5.26 Å². The molecule has 0 fully saturated rings. The number of carbonyl (C=O) groups excluding carboxylic acids is 1. The van der Waals surface area contributed by atoms with E-state index in [-0.39, 0.29) is 17.1 Å². The third-order valence-corrected chi connectivity index (χ3v) is 4.76. The Balaban J connectivity index is 2.03. The lowest BCUT2D eigenvalue weighted by atomic mass is 9.70. The molecule has 1 heterocycles. The van der Waals surface area contributed by atoms with Gasteiger partial charge in [0, 0.05) is 18.4 Å². The fourth-order valence-corrected chi connectivity index (χ4v) is 3.59. The van der Waals surface area contributed by atoms with Gasteiger partial charge in [0.25, 0.3) is 0 Å². The molecule has 5 nitrogen and oxygen atoms in total. The van der Waals surface area contributed by atoms with Gasteiger partial charge in [-0.05, 0) is 29.5 Å². The normalized spacial score (nSPS) is 21.8. The Labute approximate surface area is 154 Å². The maximum atomic E-state index is 12.9. The molecule has 0 saturated carbocycles. The number of nitrogens with zero attached hydrogens (tertiary/aromatic N) is 1. The molecule has 0 amide bonds. The molecule has 0 radical (unpaired) electrons. The SMILES string of the molecule is CCCOc1ccc(C2C(C#N)=C(N)OC3=C2C(=O)CC(C)(C)C3)cc1. The molecule has 1 aromatic carbocycles. The molecule has 0 bridgehead atoms. The number of carbonyl (C=O) groups is 1. The van der Waals surface area contributed by atoms with E-state index >= 15 is 0 Å². The van der Waals surface area contributed by atoms with Crippen molar-refractivity contribution in [1.82, 2.24) is 0 Å². The summed E-state index contributed by atoms with van der Waals surface area (Å²) in [5.74, 6) is 0.996. The van der Waals surface area contributed by atoms with Crippen LogP contribution in [0.2, 0.25) is 0 Å². The lowest BCUT2D eigenvalue weighted by Gasteiger charge is -2.37. The zero-order valence-corrected chi connectivity index (χ0v) is 15.5. The van der Waals surface area contributed by atoms with Crippen LogP contribution in [0.3, 0.4) is 0 Å². The molecule has 1 aliphatic carbocycles. The van der Waals surface area contributed by atoms with E-state index in [1.165, 1.54) is 0 Å². The van der Waals surface area contributed by atoms with Crippen LogP contribution in [0.25, 0.3) is 0 Å². The predicted molar refractivity (Wildman–Crippen MR) is 97.9 cm³/mol. The molecule has 0 saturated heterocycles. The largest absolute Gasteiger partial charge is 0.494 e. The summed E-state index contributed by atoms with van der Waals surface area (Å²) < 4.78 is 11.3. The molecule has 1 aromatic rings. The Morgan fingerprint density at radius 1 is 1.31 bits per heavy atom. The van der Waals surface area contributed by atoms with Gasteiger partial charge in [-0.15, -0.1) is 0 Å². The van der Waals surface area contributed by atoms with Crippen LogP contribution in [-0.4, -0.2) is 12.4 Å². The molecule has 26 heavy (non-hydrogen) atoms. The zero-order chi connectivity index (χ0) is 18.9. The summed E-state index contributed by atoms with van der Waals surface area (Å²) in [6, 6.07) is 9.65. The Morgan fingerprint density at radius 3 is 2.62 bits per heavy atom. The quantitative estimate of drug-likeness (QED) is 0.887. The number of nitrogens with two attached hydrogens (primary N) is 1. The molecular formula is C21H24N2O3. The molecule has 0 spiro atoms. The first-order valence-electron chi connectivity index (χ1n) is 8.93. The second kappa shape index (κ2) is 6.87. The van der Waals surface area contributed by atoms with E-state index in [4.69, 9.17) is 15.2 Å². The van der Waals surface area contributed by atoms with Crippen LogP contribution >= 0.6 is 0 Å². The molecular weight excluding hydrogens is 328 g/mol. The van der Waals surface area contributed by atoms with Crippen LogP contribution in [0.15, 0.2) is 47.1 Å². The summed E-state index contributed by atoms with van der Waals surface area (Å²) in [4.78, 5) is 12.9. The van der Waals surface area contributed by atoms with Crippen molar-refractivity contribution in [2.45, 2.75) is 46.0 Å². The van der Waals surface area contributed by atoms with Crippen molar-refractivity contribution in [2.24, 2.45) is 11.1 Å². The first kappa shape index (κ1) is 18.1. The van der Waals surface area contributed by atoms with Gasteiger partial charge in [0.15, 0.2) is 5.78 Å². The first-order valence-corrected chi connectivity index (χ1v) is 8.93. The van der Waals surface area contributed by atoms with Crippen molar-refractivity contribution in [3.05, 3.63) is 52.6 Å². The van der Waals surface area contributed by atoms with E-state index < -0.39 is 5.92 Å². The molecule has 5 heteroatoms. The second-order valence-electron chi connectivity index (χ2n) is 7.62. The van der Waals surface area contributed by atoms with Gasteiger partial charge in [0.1, 0.15) is 23.2 Å². The van der Waals surface area contributed by atoms with Crippen LogP contribution in [0.1, 0.15) is 51.5 Å². The Morgan fingerprint density at radius 2 is 2.00 bits per heavy atom. The maximum Gasteiger partial charge on any atom is 0.205 e. The summed E-state index contributed by atoms with van der Waals surface area (Å²) in [5, 5.41) is 9.62. The fraction of sp³-hybridized carbons (Fsp3) is 0.429. The minimum Gasteiger partial charge on any atom is -0.494 e. The van der Waals surface area contributed by atoms with Crippen LogP contribution < -0.4 is 10.5 Å². The highest BCUT2D eigenvalue weighted by molar-refractivity contribution is 6.00. The fourth-order valence-electron chi connectivity index (χ4n) is 3.59. The van der Waals surface area contributed by atoms with Crippen LogP contribution in [0, 0.1) is 16.7 Å². The van der Waals surface area contributed by atoms with Gasteiger partial charge in [-0.3, -0.25) is 4.79 Å². The molecule has 1 atom stereocenters. The van der Waals surface area contributed by atoms with Crippen LogP contribution in [0.4, 0.5) is 0 Å². The maximum absolute atomic E-state index is 12.9. The average Bonchev–Trinajstić information content (AvgIpc) is 2.58. The summed E-state index contributed by atoms with van der Waals surface area (Å²) in [6.07, 6.45) is 1.99. The van der Waals surface area contributed by atoms with Gasteiger partial charge in [-0.2, -0.15) is 5.26 Å². The van der Waals surface area contributed by atoms with Gasteiger partial charge in [0.2, 0.25) is 5.88 Å². The molecule has 0 aromatic heterocycles. The molecule has 2 N–H and O–H groups in total. The highest BCUT2D eigenvalue weighted by atomic mass is 16.5. The van der Waals surface area contributed by atoms with Crippen molar-refractivity contribution in [3.8, 4) is 11.8 Å². The Hall–Kier alpha value is -2.74. The van der Waals surface area contributed by atoms with Gasteiger partial charge in [0.05, 0.1) is 12.5 Å². The monoisotopic (exact) mass is 352 g/mol. The van der Waals surface area contributed by atoms with Crippen molar-refractivity contribution in [3.63, 3.8) is 0 Å². The highest BCUT2D eigenvalue weighted by Crippen LogP contribution is 2.47. The summed E-state index contributed by atoms with van der Waals surface area (Å²) in [7, 11) is 0. The summed E-state index contributed by atoms with van der Waals surface area (Å²) >= 11 is 0. The van der Waals surface area contributed by atoms with E-state index in [0.717, 1.165) is 17.7 Å². The molecule has 2 aliphatic rings. The molecule has 1 unspecified atom stereocenters. The van der Waals surface area contributed by atoms with Gasteiger partial charge < -0.3 is 15.2 Å². The minimum atomic E-state index is -0.479. The van der Waals surface area contributed by atoms with Crippen molar-refractivity contribution in [2.75, 3.05) is 6.61 Å². The lowest BCUT2D eigenvalue weighted by Crippen LogP contribution is -2.33. The Kier molecular flexibility index (Phi) is 4.78. The zero-order valence-electron chi connectivity index (χ0n) is 15.5.